The van der Waals surface area contributed by atoms with E-state index in [1.54, 1.807) is 0 Å². The third-order valence-corrected chi connectivity index (χ3v) is 3.82. The van der Waals surface area contributed by atoms with Crippen LogP contribution in [-0.2, 0) is 26.1 Å². The number of rotatable bonds is 4. The summed E-state index contributed by atoms with van der Waals surface area (Å²) in [7, 11) is 0. The van der Waals surface area contributed by atoms with Crippen LogP contribution in [0.1, 0.15) is 30.1 Å². The predicted octanol–water partition coefficient (Wildman–Crippen LogP) is 2.31. The van der Waals surface area contributed by atoms with Gasteiger partial charge in [0.15, 0.2) is 5.82 Å². The van der Waals surface area contributed by atoms with Gasteiger partial charge in [0.1, 0.15) is 18.2 Å². The Bertz CT molecular complexity index is 611. The molecule has 0 saturated heterocycles. The Morgan fingerprint density at radius 1 is 1.30 bits per heavy atom. The molecule has 0 saturated carbocycles. The lowest BCUT2D eigenvalue weighted by molar-refractivity contribution is 0.286. The summed E-state index contributed by atoms with van der Waals surface area (Å²) >= 11 is 6.17. The molecule has 2 N–H and O–H groups in total. The van der Waals surface area contributed by atoms with Gasteiger partial charge in [-0.05, 0) is 30.5 Å². The molecule has 2 heterocycles. The number of benzene rings is 1. The number of aryl methyl sites for hydroxylation is 1. The Balaban J connectivity index is 1.72. The maximum Gasteiger partial charge on any atom is 0.171 e. The first-order chi connectivity index (χ1) is 9.78. The van der Waals surface area contributed by atoms with E-state index in [1.807, 2.05) is 18.2 Å². The fourth-order valence-corrected chi connectivity index (χ4v) is 2.66. The molecule has 1 aliphatic rings. The summed E-state index contributed by atoms with van der Waals surface area (Å²) in [6, 6.07) is 5.59. The second kappa shape index (κ2) is 5.81. The highest BCUT2D eigenvalue weighted by Crippen LogP contribution is 2.26. The maximum atomic E-state index is 6.17. The van der Waals surface area contributed by atoms with Crippen molar-refractivity contribution in [2.75, 3.05) is 0 Å². The zero-order valence-corrected chi connectivity index (χ0v) is 11.9. The highest BCUT2D eigenvalue weighted by molar-refractivity contribution is 6.32. The van der Waals surface area contributed by atoms with Crippen LogP contribution < -0.4 is 10.5 Å². The number of nitrogens with zero attached hydrogens (tertiary/aromatic N) is 3. The molecule has 1 aromatic heterocycles. The van der Waals surface area contributed by atoms with Crippen LogP contribution in [0.25, 0.3) is 0 Å². The minimum atomic E-state index is 0.384. The number of ether oxygens (including phenoxy) is 1. The Kier molecular flexibility index (Phi) is 3.89. The minimum absolute atomic E-state index is 0.384. The van der Waals surface area contributed by atoms with E-state index in [1.165, 1.54) is 12.8 Å². The Labute approximate surface area is 122 Å². The molecule has 0 aliphatic carbocycles. The van der Waals surface area contributed by atoms with Crippen LogP contribution in [0.2, 0.25) is 5.02 Å². The van der Waals surface area contributed by atoms with Gasteiger partial charge >= 0.3 is 0 Å². The smallest absolute Gasteiger partial charge is 0.171 e. The van der Waals surface area contributed by atoms with E-state index < -0.39 is 0 Å². The highest BCUT2D eigenvalue weighted by atomic mass is 35.5. The van der Waals surface area contributed by atoms with Crippen LogP contribution in [-0.4, -0.2) is 14.8 Å². The number of hydrogen-bond acceptors (Lipinski definition) is 4. The van der Waals surface area contributed by atoms with E-state index in [-0.39, 0.29) is 0 Å². The lowest BCUT2D eigenvalue weighted by Crippen LogP contribution is -2.14. The van der Waals surface area contributed by atoms with Crippen LogP contribution in [0.3, 0.4) is 0 Å². The predicted molar refractivity (Wildman–Crippen MR) is 76.6 cm³/mol. The summed E-state index contributed by atoms with van der Waals surface area (Å²) in [5.41, 5.74) is 6.56. The molecule has 0 fully saturated rings. The van der Waals surface area contributed by atoms with Crippen molar-refractivity contribution in [1.29, 1.82) is 0 Å². The standard InChI is InChI=1S/C14H17ClN4O/c15-11-7-10(8-16)4-5-12(11)20-9-14-18-17-13-3-1-2-6-19(13)14/h4-5,7H,1-3,6,8-9,16H2. The van der Waals surface area contributed by atoms with Crippen LogP contribution in [0.5, 0.6) is 5.75 Å². The van der Waals surface area contributed by atoms with Crippen molar-refractivity contribution in [3.8, 4) is 5.75 Å². The first kappa shape index (κ1) is 13.4. The Morgan fingerprint density at radius 3 is 3.00 bits per heavy atom. The molecule has 0 unspecified atom stereocenters. The van der Waals surface area contributed by atoms with Crippen molar-refractivity contribution in [3.63, 3.8) is 0 Å². The maximum absolute atomic E-state index is 6.17. The lowest BCUT2D eigenvalue weighted by Gasteiger charge is -2.15. The summed E-state index contributed by atoms with van der Waals surface area (Å²) in [5, 5.41) is 8.98. The van der Waals surface area contributed by atoms with Gasteiger partial charge in [0.2, 0.25) is 0 Å². The summed E-state index contributed by atoms with van der Waals surface area (Å²) in [4.78, 5) is 0. The molecule has 6 heteroatoms. The summed E-state index contributed by atoms with van der Waals surface area (Å²) < 4.78 is 7.90. The van der Waals surface area contributed by atoms with Gasteiger partial charge in [-0.2, -0.15) is 0 Å². The van der Waals surface area contributed by atoms with E-state index in [9.17, 15) is 0 Å². The van der Waals surface area contributed by atoms with E-state index >= 15 is 0 Å². The van der Waals surface area contributed by atoms with Gasteiger partial charge < -0.3 is 15.0 Å². The second-order valence-corrected chi connectivity index (χ2v) is 5.31. The number of halogens is 1. The number of fused-ring (bicyclic) bond motifs is 1. The summed E-state index contributed by atoms with van der Waals surface area (Å²) in [6.07, 6.45) is 3.36. The van der Waals surface area contributed by atoms with Gasteiger partial charge in [0, 0.05) is 19.5 Å². The largest absolute Gasteiger partial charge is 0.484 e. The zero-order chi connectivity index (χ0) is 13.9. The van der Waals surface area contributed by atoms with Crippen molar-refractivity contribution >= 4 is 11.6 Å². The number of hydrogen-bond donors (Lipinski definition) is 1. The molecule has 0 bridgehead atoms. The topological polar surface area (TPSA) is 66.0 Å². The molecule has 5 nitrogen and oxygen atoms in total. The van der Waals surface area contributed by atoms with Crippen molar-refractivity contribution in [3.05, 3.63) is 40.4 Å². The molecule has 0 spiro atoms. The van der Waals surface area contributed by atoms with Crippen molar-refractivity contribution in [2.24, 2.45) is 5.73 Å². The van der Waals surface area contributed by atoms with Gasteiger partial charge in [-0.25, -0.2) is 0 Å². The normalized spacial score (nSPS) is 14.1. The van der Waals surface area contributed by atoms with Gasteiger partial charge in [0.05, 0.1) is 5.02 Å². The van der Waals surface area contributed by atoms with Crippen LogP contribution in [0.4, 0.5) is 0 Å². The van der Waals surface area contributed by atoms with Crippen molar-refractivity contribution < 1.29 is 4.74 Å². The molecular weight excluding hydrogens is 276 g/mol. The number of aromatic nitrogens is 3. The van der Waals surface area contributed by atoms with Crippen LogP contribution in [0.15, 0.2) is 18.2 Å². The molecule has 106 valence electrons. The minimum Gasteiger partial charge on any atom is -0.484 e. The van der Waals surface area contributed by atoms with E-state index in [2.05, 4.69) is 14.8 Å². The fourth-order valence-electron chi connectivity index (χ4n) is 2.41. The fraction of sp³-hybridized carbons (Fsp3) is 0.429. The van der Waals surface area contributed by atoms with E-state index in [0.29, 0.717) is 23.9 Å². The SMILES string of the molecule is NCc1ccc(OCc2nnc3n2CCCC3)c(Cl)c1. The molecule has 0 amide bonds. The molecule has 0 radical (unpaired) electrons. The van der Waals surface area contributed by atoms with E-state index in [0.717, 1.165) is 30.2 Å². The van der Waals surface area contributed by atoms with Gasteiger partial charge in [-0.3, -0.25) is 0 Å². The molecule has 3 rings (SSSR count). The Morgan fingerprint density at radius 2 is 2.20 bits per heavy atom. The summed E-state index contributed by atoms with van der Waals surface area (Å²) in [6.45, 7) is 1.83. The van der Waals surface area contributed by atoms with Crippen LogP contribution in [0, 0.1) is 0 Å². The zero-order valence-electron chi connectivity index (χ0n) is 11.2. The lowest BCUT2D eigenvalue weighted by atomic mass is 10.2. The molecule has 1 aromatic carbocycles. The quantitative estimate of drug-likeness (QED) is 0.939. The summed E-state index contributed by atoms with van der Waals surface area (Å²) in [5.74, 6) is 2.56. The van der Waals surface area contributed by atoms with E-state index in [4.69, 9.17) is 22.1 Å². The third-order valence-electron chi connectivity index (χ3n) is 3.52. The molecule has 1 aliphatic heterocycles. The average molecular weight is 293 g/mol. The van der Waals surface area contributed by atoms with Crippen molar-refractivity contribution in [2.45, 2.75) is 39.0 Å². The molecule has 0 atom stereocenters. The Hall–Kier alpha value is -1.59. The molecular formula is C14H17ClN4O. The second-order valence-electron chi connectivity index (χ2n) is 4.90. The highest BCUT2D eigenvalue weighted by Gasteiger charge is 2.16. The molecule has 20 heavy (non-hydrogen) atoms. The van der Waals surface area contributed by atoms with Crippen LogP contribution >= 0.6 is 11.6 Å². The van der Waals surface area contributed by atoms with Crippen molar-refractivity contribution in [1.82, 2.24) is 14.8 Å². The van der Waals surface area contributed by atoms with Gasteiger partial charge in [-0.15, -0.1) is 10.2 Å². The number of nitrogens with two attached hydrogens (primary N) is 1. The molecule has 2 aromatic rings. The monoisotopic (exact) mass is 292 g/mol. The van der Waals surface area contributed by atoms with Gasteiger partial charge in [-0.1, -0.05) is 17.7 Å². The van der Waals surface area contributed by atoms with Gasteiger partial charge in [0.25, 0.3) is 0 Å². The first-order valence-corrected chi connectivity index (χ1v) is 7.18. The first-order valence-electron chi connectivity index (χ1n) is 6.80. The third kappa shape index (κ3) is 2.64. The average Bonchev–Trinajstić information content (AvgIpc) is 2.89.